The van der Waals surface area contributed by atoms with Gasteiger partial charge in [-0.25, -0.2) is 0 Å². The van der Waals surface area contributed by atoms with Crippen LogP contribution in [0.15, 0.2) is 66.2 Å². The summed E-state index contributed by atoms with van der Waals surface area (Å²) < 4.78 is 10.6. The monoisotopic (exact) mass is 479 g/mol. The SMILES string of the molecule is COc1ccc(N2C(=O)C(=O)/C(=C(/O)c3cc(C)ccc3OC)C2c2cccc(O)c2)cc1Cl. The number of ketones is 1. The first-order chi connectivity index (χ1) is 16.3. The Balaban J connectivity index is 1.99. The highest BCUT2D eigenvalue weighted by atomic mass is 35.5. The number of aryl methyl sites for hydroxylation is 1. The molecule has 0 aromatic heterocycles. The van der Waals surface area contributed by atoms with Gasteiger partial charge in [-0.1, -0.05) is 35.4 Å². The normalized spacial score (nSPS) is 17.2. The molecule has 34 heavy (non-hydrogen) atoms. The number of hydrogen-bond donors (Lipinski definition) is 2. The molecule has 1 unspecified atom stereocenters. The van der Waals surface area contributed by atoms with Crippen LogP contribution in [0.5, 0.6) is 17.2 Å². The van der Waals surface area contributed by atoms with Gasteiger partial charge in [-0.15, -0.1) is 0 Å². The van der Waals surface area contributed by atoms with E-state index in [1.807, 2.05) is 6.92 Å². The Kier molecular flexibility index (Phi) is 6.22. The van der Waals surface area contributed by atoms with Crippen LogP contribution in [0.25, 0.3) is 5.76 Å². The summed E-state index contributed by atoms with van der Waals surface area (Å²) in [5.41, 5.74) is 1.73. The molecule has 1 atom stereocenters. The molecular weight excluding hydrogens is 458 g/mol. The standard InChI is InChI=1S/C26H22ClNO6/c1-14-7-9-20(33-2)18(11-14)24(30)22-23(15-5-4-6-17(29)12-15)28(26(32)25(22)31)16-8-10-21(34-3)19(27)13-16/h4-13,23,29-30H,1-3H3/b24-22+. The van der Waals surface area contributed by atoms with Crippen LogP contribution < -0.4 is 14.4 Å². The van der Waals surface area contributed by atoms with E-state index in [0.29, 0.717) is 22.7 Å². The van der Waals surface area contributed by atoms with E-state index in [2.05, 4.69) is 0 Å². The van der Waals surface area contributed by atoms with Crippen LogP contribution in [0, 0.1) is 6.92 Å². The van der Waals surface area contributed by atoms with Crippen molar-refractivity contribution in [3.05, 3.63) is 87.9 Å². The molecule has 0 aliphatic carbocycles. The number of benzene rings is 3. The van der Waals surface area contributed by atoms with Gasteiger partial charge in [-0.05, 0) is 55.0 Å². The van der Waals surface area contributed by atoms with Crippen molar-refractivity contribution in [2.75, 3.05) is 19.1 Å². The molecule has 4 rings (SSSR count). The van der Waals surface area contributed by atoms with Gasteiger partial charge in [0.25, 0.3) is 11.7 Å². The highest BCUT2D eigenvalue weighted by molar-refractivity contribution is 6.52. The Bertz CT molecular complexity index is 1330. The fourth-order valence-corrected chi connectivity index (χ4v) is 4.32. The van der Waals surface area contributed by atoms with Crippen molar-refractivity contribution in [1.82, 2.24) is 0 Å². The lowest BCUT2D eigenvalue weighted by molar-refractivity contribution is -0.132. The Hall–Kier alpha value is -3.97. The molecule has 2 N–H and O–H groups in total. The summed E-state index contributed by atoms with van der Waals surface area (Å²) >= 11 is 6.30. The Labute approximate surface area is 201 Å². The molecule has 1 aliphatic rings. The summed E-state index contributed by atoms with van der Waals surface area (Å²) in [5.74, 6) is -1.40. The van der Waals surface area contributed by atoms with Crippen molar-refractivity contribution >= 4 is 34.7 Å². The second-order valence-electron chi connectivity index (χ2n) is 7.79. The van der Waals surface area contributed by atoms with Crippen LogP contribution in [0.1, 0.15) is 22.7 Å². The molecule has 7 nitrogen and oxygen atoms in total. The average Bonchev–Trinajstić information content (AvgIpc) is 3.09. The van der Waals surface area contributed by atoms with Crippen molar-refractivity contribution in [3.8, 4) is 17.2 Å². The van der Waals surface area contributed by atoms with Gasteiger partial charge in [0.1, 0.15) is 23.0 Å². The molecule has 1 saturated heterocycles. The largest absolute Gasteiger partial charge is 0.508 e. The van der Waals surface area contributed by atoms with Crippen molar-refractivity contribution in [3.63, 3.8) is 0 Å². The second kappa shape index (κ2) is 9.11. The Morgan fingerprint density at radius 1 is 0.971 bits per heavy atom. The van der Waals surface area contributed by atoms with Gasteiger partial charge in [0.2, 0.25) is 0 Å². The number of phenols is 1. The molecule has 1 fully saturated rings. The van der Waals surface area contributed by atoms with E-state index >= 15 is 0 Å². The van der Waals surface area contributed by atoms with Gasteiger partial charge in [-0.3, -0.25) is 14.5 Å². The number of hydrogen-bond acceptors (Lipinski definition) is 6. The highest BCUT2D eigenvalue weighted by Gasteiger charge is 2.47. The molecule has 8 heteroatoms. The number of aromatic hydroxyl groups is 1. The fraction of sp³-hybridized carbons (Fsp3) is 0.154. The van der Waals surface area contributed by atoms with Crippen LogP contribution in [0.3, 0.4) is 0 Å². The molecule has 1 aliphatic heterocycles. The van der Waals surface area contributed by atoms with E-state index in [4.69, 9.17) is 21.1 Å². The van der Waals surface area contributed by atoms with E-state index in [9.17, 15) is 19.8 Å². The topological polar surface area (TPSA) is 96.3 Å². The fourth-order valence-electron chi connectivity index (χ4n) is 4.07. The number of ether oxygens (including phenoxy) is 2. The number of halogens is 1. The maximum absolute atomic E-state index is 13.3. The van der Waals surface area contributed by atoms with E-state index in [0.717, 1.165) is 5.56 Å². The van der Waals surface area contributed by atoms with Crippen molar-refractivity contribution in [2.24, 2.45) is 0 Å². The number of aliphatic hydroxyl groups is 1. The summed E-state index contributed by atoms with van der Waals surface area (Å²) in [6.45, 7) is 1.83. The van der Waals surface area contributed by atoms with Crippen LogP contribution in [-0.2, 0) is 9.59 Å². The zero-order valence-corrected chi connectivity index (χ0v) is 19.5. The van der Waals surface area contributed by atoms with Gasteiger partial charge in [0.05, 0.1) is 36.4 Å². The van der Waals surface area contributed by atoms with Crippen LogP contribution in [0.4, 0.5) is 5.69 Å². The summed E-state index contributed by atoms with van der Waals surface area (Å²) in [5, 5.41) is 21.7. The smallest absolute Gasteiger partial charge is 0.300 e. The maximum atomic E-state index is 13.3. The average molecular weight is 480 g/mol. The minimum atomic E-state index is -1.03. The Morgan fingerprint density at radius 2 is 1.68 bits per heavy atom. The van der Waals surface area contributed by atoms with Gasteiger partial charge >= 0.3 is 0 Å². The van der Waals surface area contributed by atoms with Crippen molar-refractivity contribution in [2.45, 2.75) is 13.0 Å². The number of carbonyl (C=O) groups is 2. The van der Waals surface area contributed by atoms with Gasteiger partial charge < -0.3 is 19.7 Å². The Morgan fingerprint density at radius 3 is 2.32 bits per heavy atom. The molecule has 3 aromatic rings. The summed E-state index contributed by atoms with van der Waals surface area (Å²) in [6.07, 6.45) is 0. The van der Waals surface area contributed by atoms with Crippen molar-refractivity contribution in [1.29, 1.82) is 0 Å². The molecule has 0 bridgehead atoms. The summed E-state index contributed by atoms with van der Waals surface area (Å²) in [4.78, 5) is 27.8. The number of aliphatic hydroxyl groups excluding tert-OH is 1. The third-order valence-corrected chi connectivity index (χ3v) is 5.95. The van der Waals surface area contributed by atoms with Gasteiger partial charge in [-0.2, -0.15) is 0 Å². The molecule has 3 aromatic carbocycles. The minimum absolute atomic E-state index is 0.0519. The molecule has 1 heterocycles. The number of nitrogens with zero attached hydrogens (tertiary/aromatic N) is 1. The number of amides is 1. The molecular formula is C26H22ClNO6. The lowest BCUT2D eigenvalue weighted by Gasteiger charge is -2.26. The lowest BCUT2D eigenvalue weighted by atomic mass is 9.94. The second-order valence-corrected chi connectivity index (χ2v) is 8.19. The molecule has 0 radical (unpaired) electrons. The molecule has 174 valence electrons. The first-order valence-electron chi connectivity index (χ1n) is 10.3. The number of phenolic OH excluding ortho intramolecular Hbond substituents is 1. The first kappa shape index (κ1) is 23.2. The zero-order chi connectivity index (χ0) is 24.6. The van der Waals surface area contributed by atoms with E-state index in [-0.39, 0.29) is 27.7 Å². The van der Waals surface area contributed by atoms with E-state index in [1.165, 1.54) is 37.3 Å². The first-order valence-corrected chi connectivity index (χ1v) is 10.7. The predicted molar refractivity (Wildman–Crippen MR) is 129 cm³/mol. The van der Waals surface area contributed by atoms with E-state index < -0.39 is 17.7 Å². The summed E-state index contributed by atoms with van der Waals surface area (Å²) in [6, 6.07) is 15.0. The number of methoxy groups -OCH3 is 2. The predicted octanol–water partition coefficient (Wildman–Crippen LogP) is 5.00. The van der Waals surface area contributed by atoms with Gasteiger partial charge in [0, 0.05) is 5.69 Å². The number of rotatable bonds is 5. The number of anilines is 1. The molecule has 0 spiro atoms. The van der Waals surface area contributed by atoms with E-state index in [1.54, 1.807) is 42.5 Å². The summed E-state index contributed by atoms with van der Waals surface area (Å²) in [7, 11) is 2.92. The zero-order valence-electron chi connectivity index (χ0n) is 18.7. The third kappa shape index (κ3) is 3.95. The van der Waals surface area contributed by atoms with Crippen LogP contribution >= 0.6 is 11.6 Å². The lowest BCUT2D eigenvalue weighted by Crippen LogP contribution is -2.29. The number of Topliss-reactive ketones (excluding diaryl/α,β-unsaturated/α-hetero) is 1. The minimum Gasteiger partial charge on any atom is -0.508 e. The third-order valence-electron chi connectivity index (χ3n) is 5.65. The van der Waals surface area contributed by atoms with Gasteiger partial charge in [0.15, 0.2) is 0 Å². The molecule has 0 saturated carbocycles. The molecule has 1 amide bonds. The van der Waals surface area contributed by atoms with Crippen LogP contribution in [-0.4, -0.2) is 36.1 Å². The quantitative estimate of drug-likeness (QED) is 0.304. The maximum Gasteiger partial charge on any atom is 0.300 e. The highest BCUT2D eigenvalue weighted by Crippen LogP contribution is 2.45. The van der Waals surface area contributed by atoms with Crippen molar-refractivity contribution < 1.29 is 29.3 Å². The number of carbonyl (C=O) groups excluding carboxylic acids is 2. The van der Waals surface area contributed by atoms with Crippen LogP contribution in [0.2, 0.25) is 5.02 Å².